The Labute approximate surface area is 153 Å². The Kier molecular flexibility index (Phi) is 4.76. The molecule has 0 aromatic carbocycles. The summed E-state index contributed by atoms with van der Waals surface area (Å²) >= 11 is 0. The molecule has 0 fully saturated rings. The van der Waals surface area contributed by atoms with Crippen LogP contribution in [0.3, 0.4) is 0 Å². The largest absolute Gasteiger partial charge is 0.432 e. The molecule has 1 atom stereocenters. The molecule has 3 aromatic heterocycles. The molecular formula is C20H26N4O2. The van der Waals surface area contributed by atoms with E-state index in [1.54, 1.807) is 6.33 Å². The van der Waals surface area contributed by atoms with Gasteiger partial charge in [-0.3, -0.25) is 0 Å². The third kappa shape index (κ3) is 2.82. The van der Waals surface area contributed by atoms with Gasteiger partial charge in [0.05, 0.1) is 18.0 Å². The van der Waals surface area contributed by atoms with E-state index in [1.807, 2.05) is 6.92 Å². The topological polar surface area (TPSA) is 84.1 Å². The summed E-state index contributed by atoms with van der Waals surface area (Å²) in [6.45, 7) is 4.27. The van der Waals surface area contributed by atoms with Crippen molar-refractivity contribution in [2.24, 2.45) is 0 Å². The summed E-state index contributed by atoms with van der Waals surface area (Å²) in [5, 5.41) is 13.8. The van der Waals surface area contributed by atoms with Gasteiger partial charge in [0.2, 0.25) is 5.71 Å². The maximum absolute atomic E-state index is 9.50. The van der Waals surface area contributed by atoms with Crippen LogP contribution in [0.2, 0.25) is 0 Å². The predicted molar refractivity (Wildman–Crippen MR) is 103 cm³/mol. The van der Waals surface area contributed by atoms with Crippen LogP contribution in [0.15, 0.2) is 10.7 Å². The second kappa shape index (κ2) is 7.19. The minimum atomic E-state index is -0.0566. The molecule has 6 heteroatoms. The van der Waals surface area contributed by atoms with Gasteiger partial charge in [0.1, 0.15) is 11.8 Å². The van der Waals surface area contributed by atoms with Crippen molar-refractivity contribution < 1.29 is 9.52 Å². The first-order valence-electron chi connectivity index (χ1n) is 9.72. The summed E-state index contributed by atoms with van der Waals surface area (Å²) in [4.78, 5) is 13.7. The number of fused-ring (bicyclic) bond motifs is 5. The number of nitrogens with one attached hydrogen (secondary N) is 1. The SMILES string of the molecule is CCCc1nc2oc3c(NC(CC)CO)ncnc3c2c2c1CCCC2. The Hall–Kier alpha value is -2.21. The fourth-order valence-corrected chi connectivity index (χ4v) is 3.95. The number of hydrogen-bond acceptors (Lipinski definition) is 6. The molecule has 138 valence electrons. The number of nitrogens with zero attached hydrogens (tertiary/aromatic N) is 3. The number of aliphatic hydroxyl groups is 1. The van der Waals surface area contributed by atoms with Gasteiger partial charge >= 0.3 is 0 Å². The zero-order valence-electron chi connectivity index (χ0n) is 15.5. The van der Waals surface area contributed by atoms with Crippen molar-refractivity contribution in [2.75, 3.05) is 11.9 Å². The van der Waals surface area contributed by atoms with Crippen LogP contribution >= 0.6 is 0 Å². The minimum absolute atomic E-state index is 0.0521. The maximum atomic E-state index is 9.50. The number of anilines is 1. The van der Waals surface area contributed by atoms with Crippen molar-refractivity contribution in [3.8, 4) is 0 Å². The van der Waals surface area contributed by atoms with E-state index in [9.17, 15) is 5.11 Å². The summed E-state index contributed by atoms with van der Waals surface area (Å²) in [6, 6.07) is -0.0566. The molecule has 6 nitrogen and oxygen atoms in total. The van der Waals surface area contributed by atoms with Crippen molar-refractivity contribution in [3.63, 3.8) is 0 Å². The molecule has 3 heterocycles. The van der Waals surface area contributed by atoms with Gasteiger partial charge in [-0.15, -0.1) is 0 Å². The van der Waals surface area contributed by atoms with Gasteiger partial charge in [-0.1, -0.05) is 20.3 Å². The quantitative estimate of drug-likeness (QED) is 0.701. The van der Waals surface area contributed by atoms with Crippen LogP contribution in [-0.2, 0) is 19.3 Å². The summed E-state index contributed by atoms with van der Waals surface area (Å²) in [7, 11) is 0. The number of hydrogen-bond donors (Lipinski definition) is 2. The molecule has 0 spiro atoms. The van der Waals surface area contributed by atoms with Crippen LogP contribution in [-0.4, -0.2) is 32.7 Å². The first-order valence-corrected chi connectivity index (χ1v) is 9.72. The predicted octanol–water partition coefficient (Wildman–Crippen LogP) is 3.79. The van der Waals surface area contributed by atoms with E-state index in [1.165, 1.54) is 29.7 Å². The van der Waals surface area contributed by atoms with E-state index in [2.05, 4.69) is 22.2 Å². The molecule has 1 unspecified atom stereocenters. The molecule has 2 N–H and O–H groups in total. The summed E-state index contributed by atoms with van der Waals surface area (Å²) < 4.78 is 6.15. The normalized spacial score (nSPS) is 15.3. The molecule has 0 amide bonds. The molecule has 0 bridgehead atoms. The highest BCUT2D eigenvalue weighted by molar-refractivity contribution is 6.06. The third-order valence-electron chi connectivity index (χ3n) is 5.35. The monoisotopic (exact) mass is 354 g/mol. The van der Waals surface area contributed by atoms with E-state index in [-0.39, 0.29) is 12.6 Å². The minimum Gasteiger partial charge on any atom is -0.432 e. The standard InChI is InChI=1S/C20H26N4O2/c1-3-7-15-13-8-5-6-9-14(13)16-17-18(26-20(16)24-15)19(22-11-21-17)23-12(4-2)10-25/h11-12,25H,3-10H2,1-2H3,(H,21,22,23). The first kappa shape index (κ1) is 17.2. The summed E-state index contributed by atoms with van der Waals surface area (Å²) in [6.07, 6.45) is 9.00. The van der Waals surface area contributed by atoms with E-state index < -0.39 is 0 Å². The van der Waals surface area contributed by atoms with E-state index in [0.717, 1.165) is 43.0 Å². The van der Waals surface area contributed by atoms with Crippen LogP contribution < -0.4 is 5.32 Å². The van der Waals surface area contributed by atoms with Gasteiger partial charge in [-0.25, -0.2) is 15.0 Å². The van der Waals surface area contributed by atoms with Crippen molar-refractivity contribution in [1.29, 1.82) is 0 Å². The Morgan fingerprint density at radius 1 is 1.19 bits per heavy atom. The number of aromatic nitrogens is 3. The highest BCUT2D eigenvalue weighted by Crippen LogP contribution is 2.37. The Morgan fingerprint density at radius 3 is 2.73 bits per heavy atom. The Bertz CT molecular complexity index is 931. The van der Waals surface area contributed by atoms with Crippen molar-refractivity contribution in [1.82, 2.24) is 15.0 Å². The molecule has 0 aliphatic heterocycles. The Morgan fingerprint density at radius 2 is 2.00 bits per heavy atom. The number of rotatable bonds is 6. The maximum Gasteiger partial charge on any atom is 0.229 e. The molecule has 0 saturated carbocycles. The fraction of sp³-hybridized carbons (Fsp3) is 0.550. The smallest absolute Gasteiger partial charge is 0.229 e. The zero-order chi connectivity index (χ0) is 18.1. The highest BCUT2D eigenvalue weighted by Gasteiger charge is 2.24. The molecular weight excluding hydrogens is 328 g/mol. The molecule has 0 saturated heterocycles. The average molecular weight is 354 g/mol. The number of pyridine rings is 1. The number of aryl methyl sites for hydroxylation is 2. The zero-order valence-corrected chi connectivity index (χ0v) is 15.5. The second-order valence-corrected chi connectivity index (χ2v) is 7.09. The van der Waals surface area contributed by atoms with Gasteiger partial charge in [-0.05, 0) is 49.7 Å². The van der Waals surface area contributed by atoms with Crippen LogP contribution in [0, 0.1) is 0 Å². The molecule has 0 radical (unpaired) electrons. The average Bonchev–Trinajstić information content (AvgIpc) is 3.06. The molecule has 1 aliphatic carbocycles. The molecule has 26 heavy (non-hydrogen) atoms. The van der Waals surface area contributed by atoms with Gasteiger partial charge in [0, 0.05) is 5.69 Å². The lowest BCUT2D eigenvalue weighted by atomic mass is 9.88. The van der Waals surface area contributed by atoms with E-state index in [4.69, 9.17) is 9.40 Å². The number of aliphatic hydroxyl groups excluding tert-OH is 1. The van der Waals surface area contributed by atoms with Crippen LogP contribution in [0.5, 0.6) is 0 Å². The lowest BCUT2D eigenvalue weighted by molar-refractivity contribution is 0.271. The van der Waals surface area contributed by atoms with E-state index in [0.29, 0.717) is 17.1 Å². The van der Waals surface area contributed by atoms with Gasteiger partial charge in [-0.2, -0.15) is 0 Å². The van der Waals surface area contributed by atoms with Crippen LogP contribution in [0.25, 0.3) is 22.2 Å². The molecule has 3 aromatic rings. The van der Waals surface area contributed by atoms with Crippen LogP contribution in [0.4, 0.5) is 5.82 Å². The van der Waals surface area contributed by atoms with Crippen molar-refractivity contribution >= 4 is 28.0 Å². The van der Waals surface area contributed by atoms with Gasteiger partial charge in [0.15, 0.2) is 11.4 Å². The fourth-order valence-electron chi connectivity index (χ4n) is 3.95. The molecule has 1 aliphatic rings. The third-order valence-corrected chi connectivity index (χ3v) is 5.35. The van der Waals surface area contributed by atoms with Crippen molar-refractivity contribution in [2.45, 2.75) is 64.8 Å². The lowest BCUT2D eigenvalue weighted by Gasteiger charge is -2.19. The van der Waals surface area contributed by atoms with E-state index >= 15 is 0 Å². The highest BCUT2D eigenvalue weighted by atomic mass is 16.3. The number of furan rings is 1. The first-order chi connectivity index (χ1) is 12.8. The lowest BCUT2D eigenvalue weighted by Crippen LogP contribution is -2.23. The van der Waals surface area contributed by atoms with Gasteiger partial charge < -0.3 is 14.8 Å². The summed E-state index contributed by atoms with van der Waals surface area (Å²) in [5.41, 5.74) is 6.09. The van der Waals surface area contributed by atoms with Crippen LogP contribution in [0.1, 0.15) is 56.4 Å². The second-order valence-electron chi connectivity index (χ2n) is 7.09. The summed E-state index contributed by atoms with van der Waals surface area (Å²) in [5.74, 6) is 0.635. The van der Waals surface area contributed by atoms with Gasteiger partial charge in [0.25, 0.3) is 0 Å². The molecule has 4 rings (SSSR count). The Balaban J connectivity index is 1.94. The van der Waals surface area contributed by atoms with Crippen molar-refractivity contribution in [3.05, 3.63) is 23.1 Å².